The monoisotopic (exact) mass is 155 g/mol. The second-order valence-corrected chi connectivity index (χ2v) is 2.67. The molecule has 0 amide bonds. The van der Waals surface area contributed by atoms with Gasteiger partial charge in [-0.1, -0.05) is 5.92 Å². The van der Waals surface area contributed by atoms with Crippen LogP contribution < -0.4 is 0 Å². The van der Waals surface area contributed by atoms with E-state index in [1.54, 1.807) is 0 Å². The highest BCUT2D eigenvalue weighted by atomic mass is 16.5. The Hall–Kier alpha value is -0.560. The molecule has 0 aliphatic carbocycles. The van der Waals surface area contributed by atoms with Gasteiger partial charge in [0.2, 0.25) is 0 Å². The van der Waals surface area contributed by atoms with Crippen molar-refractivity contribution in [1.82, 2.24) is 4.90 Å². The van der Waals surface area contributed by atoms with E-state index in [0.717, 1.165) is 6.54 Å². The lowest BCUT2D eigenvalue weighted by Crippen LogP contribution is -2.32. The SMILES string of the molecule is C#CCN1CCOCC(O)C1. The van der Waals surface area contributed by atoms with Crippen molar-refractivity contribution in [1.29, 1.82) is 0 Å². The zero-order valence-corrected chi connectivity index (χ0v) is 6.49. The summed E-state index contributed by atoms with van der Waals surface area (Å²) in [5, 5.41) is 9.25. The van der Waals surface area contributed by atoms with Gasteiger partial charge in [-0.3, -0.25) is 4.90 Å². The van der Waals surface area contributed by atoms with Gasteiger partial charge in [0.05, 0.1) is 25.9 Å². The van der Waals surface area contributed by atoms with Crippen LogP contribution >= 0.6 is 0 Å². The molecule has 1 unspecified atom stereocenters. The van der Waals surface area contributed by atoms with E-state index in [0.29, 0.717) is 26.3 Å². The summed E-state index contributed by atoms with van der Waals surface area (Å²) in [5.41, 5.74) is 0. The van der Waals surface area contributed by atoms with Gasteiger partial charge in [-0.15, -0.1) is 6.42 Å². The molecule has 0 aromatic carbocycles. The molecule has 1 fully saturated rings. The third-order valence-electron chi connectivity index (χ3n) is 1.65. The molecule has 0 radical (unpaired) electrons. The van der Waals surface area contributed by atoms with E-state index in [1.807, 2.05) is 4.90 Å². The third kappa shape index (κ3) is 2.89. The lowest BCUT2D eigenvalue weighted by atomic mass is 10.3. The van der Waals surface area contributed by atoms with Gasteiger partial charge in [-0.05, 0) is 0 Å². The summed E-state index contributed by atoms with van der Waals surface area (Å²) < 4.78 is 5.12. The van der Waals surface area contributed by atoms with Gasteiger partial charge in [-0.25, -0.2) is 0 Å². The molecule has 1 aliphatic heterocycles. The number of β-amino-alcohol motifs (C(OH)–C–C–N with tert-alkyl or cyclic N) is 1. The molecule has 1 heterocycles. The quantitative estimate of drug-likeness (QED) is 0.509. The van der Waals surface area contributed by atoms with Crippen molar-refractivity contribution in [2.45, 2.75) is 6.10 Å². The lowest BCUT2D eigenvalue weighted by molar-refractivity contribution is 0.0569. The summed E-state index contributed by atoms with van der Waals surface area (Å²) in [6.07, 6.45) is 4.76. The predicted octanol–water partition coefficient (Wildman–Crippen LogP) is -0.687. The average molecular weight is 155 g/mol. The molecule has 0 aromatic rings. The number of nitrogens with zero attached hydrogens (tertiary/aromatic N) is 1. The minimum Gasteiger partial charge on any atom is -0.389 e. The van der Waals surface area contributed by atoms with Gasteiger partial charge in [0.15, 0.2) is 0 Å². The molecule has 1 saturated heterocycles. The Morgan fingerprint density at radius 2 is 2.55 bits per heavy atom. The summed E-state index contributed by atoms with van der Waals surface area (Å²) in [7, 11) is 0. The maximum Gasteiger partial charge on any atom is 0.0900 e. The number of terminal acetylenes is 1. The van der Waals surface area contributed by atoms with Crippen LogP contribution in [0.1, 0.15) is 0 Å². The topological polar surface area (TPSA) is 32.7 Å². The van der Waals surface area contributed by atoms with E-state index in [2.05, 4.69) is 5.92 Å². The smallest absolute Gasteiger partial charge is 0.0900 e. The fraction of sp³-hybridized carbons (Fsp3) is 0.750. The summed E-state index contributed by atoms with van der Waals surface area (Å²) >= 11 is 0. The highest BCUT2D eigenvalue weighted by molar-refractivity contribution is 4.89. The second-order valence-electron chi connectivity index (χ2n) is 2.67. The zero-order valence-electron chi connectivity index (χ0n) is 6.49. The van der Waals surface area contributed by atoms with E-state index >= 15 is 0 Å². The number of aliphatic hydroxyl groups is 1. The van der Waals surface area contributed by atoms with Crippen molar-refractivity contribution in [2.75, 3.05) is 32.8 Å². The second kappa shape index (κ2) is 4.35. The van der Waals surface area contributed by atoms with E-state index in [9.17, 15) is 5.11 Å². The largest absolute Gasteiger partial charge is 0.389 e. The van der Waals surface area contributed by atoms with Crippen molar-refractivity contribution in [3.8, 4) is 12.3 Å². The van der Waals surface area contributed by atoms with Crippen LogP contribution in [0, 0.1) is 12.3 Å². The zero-order chi connectivity index (χ0) is 8.10. The van der Waals surface area contributed by atoms with Crippen LogP contribution in [0.2, 0.25) is 0 Å². The van der Waals surface area contributed by atoms with Gasteiger partial charge in [0, 0.05) is 13.1 Å². The predicted molar refractivity (Wildman–Crippen MR) is 42.1 cm³/mol. The Morgan fingerprint density at radius 3 is 3.27 bits per heavy atom. The molecular formula is C8H13NO2. The van der Waals surface area contributed by atoms with E-state index in [1.165, 1.54) is 0 Å². The Labute approximate surface area is 67.0 Å². The van der Waals surface area contributed by atoms with Crippen LogP contribution in [0.5, 0.6) is 0 Å². The third-order valence-corrected chi connectivity index (χ3v) is 1.65. The standard InChI is InChI=1S/C8H13NO2/c1-2-3-9-4-5-11-7-8(10)6-9/h1,8,10H,3-7H2. The van der Waals surface area contributed by atoms with Crippen LogP contribution in [-0.2, 0) is 4.74 Å². The van der Waals surface area contributed by atoms with Crippen LogP contribution in [0.4, 0.5) is 0 Å². The van der Waals surface area contributed by atoms with E-state index in [4.69, 9.17) is 11.2 Å². The molecule has 0 spiro atoms. The molecule has 0 saturated carbocycles. The van der Waals surface area contributed by atoms with Crippen LogP contribution in [0.3, 0.4) is 0 Å². The van der Waals surface area contributed by atoms with Gasteiger partial charge < -0.3 is 9.84 Å². The molecular weight excluding hydrogens is 142 g/mol. The number of hydrogen-bond donors (Lipinski definition) is 1. The molecule has 3 heteroatoms. The Morgan fingerprint density at radius 1 is 1.73 bits per heavy atom. The minimum absolute atomic E-state index is 0.383. The maximum atomic E-state index is 9.25. The van der Waals surface area contributed by atoms with Crippen LogP contribution in [0.25, 0.3) is 0 Å². The Kier molecular flexibility index (Phi) is 3.37. The average Bonchev–Trinajstić information content (AvgIpc) is 2.15. The summed E-state index contributed by atoms with van der Waals surface area (Å²) in [4.78, 5) is 2.01. The first kappa shape index (κ1) is 8.54. The summed E-state index contributed by atoms with van der Waals surface area (Å²) in [6, 6.07) is 0. The molecule has 1 aliphatic rings. The molecule has 62 valence electrons. The lowest BCUT2D eigenvalue weighted by Gasteiger charge is -2.17. The highest BCUT2D eigenvalue weighted by Crippen LogP contribution is 1.98. The molecule has 0 aromatic heterocycles. The Balaban J connectivity index is 2.34. The van der Waals surface area contributed by atoms with Crippen LogP contribution in [0.15, 0.2) is 0 Å². The number of ether oxygens (including phenoxy) is 1. The number of rotatable bonds is 1. The van der Waals surface area contributed by atoms with Crippen molar-refractivity contribution in [3.63, 3.8) is 0 Å². The van der Waals surface area contributed by atoms with E-state index < -0.39 is 0 Å². The molecule has 11 heavy (non-hydrogen) atoms. The maximum absolute atomic E-state index is 9.25. The van der Waals surface area contributed by atoms with Gasteiger partial charge in [0.1, 0.15) is 0 Å². The van der Waals surface area contributed by atoms with Gasteiger partial charge in [-0.2, -0.15) is 0 Å². The highest BCUT2D eigenvalue weighted by Gasteiger charge is 2.14. The minimum atomic E-state index is -0.383. The first-order valence-electron chi connectivity index (χ1n) is 3.74. The molecule has 1 atom stereocenters. The van der Waals surface area contributed by atoms with Crippen molar-refractivity contribution in [2.24, 2.45) is 0 Å². The molecule has 3 nitrogen and oxygen atoms in total. The van der Waals surface area contributed by atoms with Crippen molar-refractivity contribution < 1.29 is 9.84 Å². The first-order valence-corrected chi connectivity index (χ1v) is 3.74. The molecule has 1 rings (SSSR count). The Bertz CT molecular complexity index is 153. The summed E-state index contributed by atoms with van der Waals surface area (Å²) in [5.74, 6) is 2.54. The fourth-order valence-corrected chi connectivity index (χ4v) is 1.13. The van der Waals surface area contributed by atoms with Crippen LogP contribution in [-0.4, -0.2) is 49.0 Å². The normalized spacial score (nSPS) is 27.5. The van der Waals surface area contributed by atoms with Gasteiger partial charge >= 0.3 is 0 Å². The van der Waals surface area contributed by atoms with E-state index in [-0.39, 0.29) is 6.10 Å². The van der Waals surface area contributed by atoms with Gasteiger partial charge in [0.25, 0.3) is 0 Å². The van der Waals surface area contributed by atoms with Crippen molar-refractivity contribution in [3.05, 3.63) is 0 Å². The number of hydrogen-bond acceptors (Lipinski definition) is 3. The molecule has 1 N–H and O–H groups in total. The summed E-state index contributed by atoms with van der Waals surface area (Å²) in [6.45, 7) is 3.14. The number of aliphatic hydroxyl groups excluding tert-OH is 1. The van der Waals surface area contributed by atoms with Crippen molar-refractivity contribution >= 4 is 0 Å². The first-order chi connectivity index (χ1) is 5.33. The fourth-order valence-electron chi connectivity index (χ4n) is 1.13. The molecule has 0 bridgehead atoms.